The zero-order chi connectivity index (χ0) is 21.1. The first kappa shape index (κ1) is 19.6. The summed E-state index contributed by atoms with van der Waals surface area (Å²) in [6.45, 7) is 4.25. The predicted molar refractivity (Wildman–Crippen MR) is 117 cm³/mol. The van der Waals surface area contributed by atoms with Crippen LogP contribution in [0.2, 0.25) is 0 Å². The molecule has 0 spiro atoms. The zero-order valence-corrected chi connectivity index (χ0v) is 16.9. The largest absolute Gasteiger partial charge is 0.455 e. The first-order valence-electron chi connectivity index (χ1n) is 9.92. The van der Waals surface area contributed by atoms with Crippen molar-refractivity contribution in [1.82, 2.24) is 15.2 Å². The highest BCUT2D eigenvalue weighted by Crippen LogP contribution is 2.19. The van der Waals surface area contributed by atoms with Gasteiger partial charge in [-0.2, -0.15) is 10.2 Å². The molecular formula is C23H22N4O3. The minimum absolute atomic E-state index is 0.169. The lowest BCUT2D eigenvalue weighted by Gasteiger charge is -2.10. The molecule has 152 valence electrons. The molecule has 7 heteroatoms. The van der Waals surface area contributed by atoms with Crippen LogP contribution >= 0.6 is 0 Å². The summed E-state index contributed by atoms with van der Waals surface area (Å²) >= 11 is 0. The molecule has 2 aromatic heterocycles. The second-order valence-electron chi connectivity index (χ2n) is 7.06. The molecule has 0 aliphatic rings. The van der Waals surface area contributed by atoms with E-state index >= 15 is 0 Å². The Bertz CT molecular complexity index is 1280. The molecule has 0 atom stereocenters. The lowest BCUT2D eigenvalue weighted by atomic mass is 10.1. The zero-order valence-electron chi connectivity index (χ0n) is 16.9. The van der Waals surface area contributed by atoms with Gasteiger partial charge in [0, 0.05) is 17.3 Å². The van der Waals surface area contributed by atoms with Crippen molar-refractivity contribution in [2.24, 2.45) is 5.10 Å². The Hall–Kier alpha value is -3.74. The molecule has 7 nitrogen and oxygen atoms in total. The number of furan rings is 1. The van der Waals surface area contributed by atoms with Crippen LogP contribution in [0.5, 0.6) is 0 Å². The fourth-order valence-electron chi connectivity index (χ4n) is 3.27. The third kappa shape index (κ3) is 3.74. The lowest BCUT2D eigenvalue weighted by Crippen LogP contribution is -2.29. The summed E-state index contributed by atoms with van der Waals surface area (Å²) in [6.07, 6.45) is 1.72. The summed E-state index contributed by atoms with van der Waals surface area (Å²) in [5, 5.41) is 10.4. The van der Waals surface area contributed by atoms with E-state index in [0.29, 0.717) is 28.8 Å². The minimum Gasteiger partial charge on any atom is -0.455 e. The second-order valence-corrected chi connectivity index (χ2v) is 7.06. The molecule has 1 amide bonds. The fourth-order valence-corrected chi connectivity index (χ4v) is 3.27. The molecule has 30 heavy (non-hydrogen) atoms. The first-order valence-corrected chi connectivity index (χ1v) is 9.92. The van der Waals surface area contributed by atoms with Gasteiger partial charge in [-0.25, -0.2) is 10.1 Å². The molecule has 0 aliphatic carbocycles. The third-order valence-electron chi connectivity index (χ3n) is 4.91. The van der Waals surface area contributed by atoms with E-state index in [-0.39, 0.29) is 11.3 Å². The number of hydrazone groups is 1. The van der Waals surface area contributed by atoms with Crippen LogP contribution in [-0.2, 0) is 6.54 Å². The Kier molecular flexibility index (Phi) is 5.43. The first-order chi connectivity index (χ1) is 14.6. The molecule has 4 rings (SSSR count). The quantitative estimate of drug-likeness (QED) is 0.388. The molecular weight excluding hydrogens is 380 g/mol. The number of carbonyl (C=O) groups is 1. The molecule has 0 aliphatic heterocycles. The highest BCUT2D eigenvalue weighted by atomic mass is 16.3. The van der Waals surface area contributed by atoms with Crippen molar-refractivity contribution < 1.29 is 9.21 Å². The van der Waals surface area contributed by atoms with Gasteiger partial charge in [0.1, 0.15) is 11.3 Å². The summed E-state index contributed by atoms with van der Waals surface area (Å²) in [4.78, 5) is 25.6. The van der Waals surface area contributed by atoms with Gasteiger partial charge in [-0.05, 0) is 31.5 Å². The summed E-state index contributed by atoms with van der Waals surface area (Å²) in [7, 11) is 0. The van der Waals surface area contributed by atoms with Gasteiger partial charge in [0.15, 0.2) is 11.5 Å². The number of nitrogens with one attached hydrogen (secondary N) is 1. The highest BCUT2D eigenvalue weighted by Gasteiger charge is 2.16. The second kappa shape index (κ2) is 8.32. The smallest absolute Gasteiger partial charge is 0.292 e. The SMILES string of the molecule is CCCCn1nc(C(=O)N/N=C(\C)c2cc3ccccc3o2)c2ccccc2c1=O. The van der Waals surface area contributed by atoms with Crippen molar-refractivity contribution in [1.29, 1.82) is 0 Å². The number of para-hydroxylation sites is 1. The molecule has 0 unspecified atom stereocenters. The standard InChI is InChI=1S/C23H22N4O3/c1-3-4-13-27-23(29)18-11-7-6-10-17(18)21(26-27)22(28)25-24-15(2)20-14-16-9-5-8-12-19(16)30-20/h5-12,14H,3-4,13H2,1-2H3,(H,25,28)/b24-15+. The van der Waals surface area contributed by atoms with Gasteiger partial charge in [-0.1, -0.05) is 49.7 Å². The predicted octanol–water partition coefficient (Wildman–Crippen LogP) is 4.10. The Morgan fingerprint density at radius 2 is 1.87 bits per heavy atom. The molecule has 0 saturated heterocycles. The van der Waals surface area contributed by atoms with Gasteiger partial charge >= 0.3 is 0 Å². The van der Waals surface area contributed by atoms with Crippen molar-refractivity contribution in [2.75, 3.05) is 0 Å². The molecule has 4 aromatic rings. The normalized spacial score (nSPS) is 11.9. The molecule has 0 radical (unpaired) electrons. The Labute approximate surface area is 173 Å². The van der Waals surface area contributed by atoms with Crippen LogP contribution in [0.3, 0.4) is 0 Å². The van der Waals surface area contributed by atoms with Crippen LogP contribution in [-0.4, -0.2) is 21.4 Å². The Morgan fingerprint density at radius 3 is 2.63 bits per heavy atom. The summed E-state index contributed by atoms with van der Waals surface area (Å²) in [6, 6.07) is 16.5. The van der Waals surface area contributed by atoms with Crippen LogP contribution in [0.15, 0.2) is 68.9 Å². The van der Waals surface area contributed by atoms with Crippen LogP contribution in [0.4, 0.5) is 0 Å². The number of hydrogen-bond donors (Lipinski definition) is 1. The number of fused-ring (bicyclic) bond motifs is 2. The number of unbranched alkanes of at least 4 members (excludes halogenated alkanes) is 1. The number of amides is 1. The van der Waals surface area contributed by atoms with Crippen molar-refractivity contribution in [2.45, 2.75) is 33.2 Å². The van der Waals surface area contributed by atoms with E-state index < -0.39 is 5.91 Å². The van der Waals surface area contributed by atoms with E-state index in [0.717, 1.165) is 23.8 Å². The van der Waals surface area contributed by atoms with E-state index in [1.54, 1.807) is 31.2 Å². The van der Waals surface area contributed by atoms with Crippen LogP contribution in [0.1, 0.15) is 42.9 Å². The summed E-state index contributed by atoms with van der Waals surface area (Å²) in [5.74, 6) is 0.0918. The summed E-state index contributed by atoms with van der Waals surface area (Å²) < 4.78 is 7.13. The van der Waals surface area contributed by atoms with E-state index in [4.69, 9.17) is 4.42 Å². The molecule has 0 saturated carbocycles. The number of benzene rings is 2. The van der Waals surface area contributed by atoms with Gasteiger partial charge in [0.25, 0.3) is 11.5 Å². The monoisotopic (exact) mass is 402 g/mol. The number of aryl methyl sites for hydroxylation is 1. The van der Waals surface area contributed by atoms with Crippen molar-refractivity contribution in [3.8, 4) is 0 Å². The molecule has 1 N–H and O–H groups in total. The van der Waals surface area contributed by atoms with Gasteiger partial charge in [-0.15, -0.1) is 0 Å². The lowest BCUT2D eigenvalue weighted by molar-refractivity contribution is 0.0949. The van der Waals surface area contributed by atoms with Crippen molar-refractivity contribution in [3.63, 3.8) is 0 Å². The van der Waals surface area contributed by atoms with Gasteiger partial charge in [-0.3, -0.25) is 9.59 Å². The average Bonchev–Trinajstić information content (AvgIpc) is 3.21. The average molecular weight is 402 g/mol. The number of rotatable bonds is 6. The highest BCUT2D eigenvalue weighted by molar-refractivity contribution is 6.06. The van der Waals surface area contributed by atoms with Gasteiger partial charge < -0.3 is 4.42 Å². The Balaban J connectivity index is 1.66. The van der Waals surface area contributed by atoms with E-state index in [1.807, 2.05) is 37.3 Å². The topological polar surface area (TPSA) is 89.5 Å². The maximum Gasteiger partial charge on any atom is 0.292 e. The maximum absolute atomic E-state index is 12.9. The number of aromatic nitrogens is 2. The van der Waals surface area contributed by atoms with Crippen LogP contribution in [0, 0.1) is 0 Å². The van der Waals surface area contributed by atoms with E-state index in [2.05, 4.69) is 15.6 Å². The van der Waals surface area contributed by atoms with Gasteiger partial charge in [0.2, 0.25) is 0 Å². The number of nitrogens with zero attached hydrogens (tertiary/aromatic N) is 3. The molecule has 0 bridgehead atoms. The molecule has 2 aromatic carbocycles. The maximum atomic E-state index is 12.9. The molecule has 2 heterocycles. The number of hydrogen-bond acceptors (Lipinski definition) is 5. The summed E-state index contributed by atoms with van der Waals surface area (Å²) in [5.41, 5.74) is 3.80. The fraction of sp³-hybridized carbons (Fsp3) is 0.217. The Morgan fingerprint density at radius 1 is 1.13 bits per heavy atom. The van der Waals surface area contributed by atoms with Crippen LogP contribution in [0.25, 0.3) is 21.7 Å². The third-order valence-corrected chi connectivity index (χ3v) is 4.91. The van der Waals surface area contributed by atoms with Crippen molar-refractivity contribution in [3.05, 3.63) is 76.4 Å². The van der Waals surface area contributed by atoms with Crippen LogP contribution < -0.4 is 11.0 Å². The van der Waals surface area contributed by atoms with E-state index in [9.17, 15) is 9.59 Å². The van der Waals surface area contributed by atoms with E-state index in [1.165, 1.54) is 4.68 Å². The van der Waals surface area contributed by atoms with Crippen molar-refractivity contribution >= 4 is 33.4 Å². The van der Waals surface area contributed by atoms with Gasteiger partial charge in [0.05, 0.1) is 5.39 Å². The number of carbonyl (C=O) groups excluding carboxylic acids is 1. The molecule has 0 fully saturated rings. The minimum atomic E-state index is -0.480.